The number of carbonyl (C=O) groups is 2. The van der Waals surface area contributed by atoms with Gasteiger partial charge in [0.05, 0.1) is 10.6 Å². The Kier molecular flexibility index (Phi) is 7.22. The number of rotatable bonds is 5. The topological polar surface area (TPSA) is 61.4 Å². The highest BCUT2D eigenvalue weighted by molar-refractivity contribution is 6.31. The molecule has 1 fully saturated rings. The number of hydrogen-bond donors (Lipinski definition) is 2. The van der Waals surface area contributed by atoms with Crippen molar-refractivity contribution in [2.24, 2.45) is 0 Å². The fourth-order valence-corrected chi connectivity index (χ4v) is 3.39. The normalized spacial score (nSPS) is 14.1. The van der Waals surface area contributed by atoms with Crippen molar-refractivity contribution in [3.8, 4) is 0 Å². The van der Waals surface area contributed by atoms with E-state index in [0.29, 0.717) is 5.69 Å². The molecule has 0 aliphatic carbocycles. The van der Waals surface area contributed by atoms with Gasteiger partial charge in [-0.1, -0.05) is 29.8 Å². The molecular formula is C22H21ClF3N3O2. The molecule has 5 nitrogen and oxygen atoms in total. The summed E-state index contributed by atoms with van der Waals surface area (Å²) in [6.45, 7) is 1.68. The van der Waals surface area contributed by atoms with E-state index in [0.717, 1.165) is 49.7 Å². The number of amides is 3. The van der Waals surface area contributed by atoms with Crippen molar-refractivity contribution in [1.29, 1.82) is 0 Å². The minimum Gasteiger partial charge on any atom is -0.348 e. The van der Waals surface area contributed by atoms with E-state index in [4.69, 9.17) is 11.6 Å². The van der Waals surface area contributed by atoms with E-state index < -0.39 is 22.7 Å². The van der Waals surface area contributed by atoms with Crippen molar-refractivity contribution >= 4 is 35.3 Å². The molecule has 2 aromatic carbocycles. The summed E-state index contributed by atoms with van der Waals surface area (Å²) in [5.74, 6) is -0.463. The highest BCUT2D eigenvalue weighted by Gasteiger charge is 2.33. The average molecular weight is 452 g/mol. The van der Waals surface area contributed by atoms with Crippen LogP contribution in [-0.2, 0) is 17.5 Å². The Morgan fingerprint density at radius 1 is 1.10 bits per heavy atom. The maximum atomic E-state index is 12.9. The second-order valence-corrected chi connectivity index (χ2v) is 7.52. The van der Waals surface area contributed by atoms with Gasteiger partial charge in [-0.2, -0.15) is 13.2 Å². The number of nitrogens with zero attached hydrogens (tertiary/aromatic N) is 1. The van der Waals surface area contributed by atoms with Gasteiger partial charge in [-0.3, -0.25) is 4.79 Å². The number of anilines is 1. The Morgan fingerprint density at radius 2 is 1.84 bits per heavy atom. The number of benzene rings is 2. The largest absolute Gasteiger partial charge is 0.417 e. The summed E-state index contributed by atoms with van der Waals surface area (Å²) in [5, 5.41) is 5.10. The summed E-state index contributed by atoms with van der Waals surface area (Å²) in [6.07, 6.45) is -0.129. The molecule has 0 spiro atoms. The van der Waals surface area contributed by atoms with Crippen molar-refractivity contribution in [3.63, 3.8) is 0 Å². The summed E-state index contributed by atoms with van der Waals surface area (Å²) in [7, 11) is 0. The third-order valence-electron chi connectivity index (χ3n) is 4.76. The Balaban J connectivity index is 1.55. The molecule has 9 heteroatoms. The van der Waals surface area contributed by atoms with Gasteiger partial charge < -0.3 is 15.5 Å². The van der Waals surface area contributed by atoms with Gasteiger partial charge in [0.25, 0.3) is 0 Å². The van der Waals surface area contributed by atoms with Gasteiger partial charge in [-0.25, -0.2) is 4.79 Å². The van der Waals surface area contributed by atoms with Gasteiger partial charge in [-0.05, 0) is 54.3 Å². The third-order valence-corrected chi connectivity index (χ3v) is 5.09. The smallest absolute Gasteiger partial charge is 0.348 e. The molecule has 0 atom stereocenters. The maximum absolute atomic E-state index is 12.9. The van der Waals surface area contributed by atoms with E-state index >= 15 is 0 Å². The van der Waals surface area contributed by atoms with Gasteiger partial charge in [0.2, 0.25) is 5.91 Å². The zero-order valence-electron chi connectivity index (χ0n) is 16.5. The third kappa shape index (κ3) is 6.49. The number of likely N-dealkylation sites (tertiary alicyclic amines) is 1. The van der Waals surface area contributed by atoms with Crippen molar-refractivity contribution in [3.05, 3.63) is 70.3 Å². The Hall–Kier alpha value is -3.00. The lowest BCUT2D eigenvalue weighted by molar-refractivity contribution is -0.137. The van der Waals surface area contributed by atoms with E-state index in [-0.39, 0.29) is 18.1 Å². The predicted octanol–water partition coefficient (Wildman–Crippen LogP) is 5.32. The fraction of sp³-hybridized carbons (Fsp3) is 0.273. The van der Waals surface area contributed by atoms with Crippen LogP contribution in [0.5, 0.6) is 0 Å². The zero-order chi connectivity index (χ0) is 22.4. The minimum absolute atomic E-state index is 0.150. The van der Waals surface area contributed by atoms with Gasteiger partial charge in [0.1, 0.15) is 0 Å². The molecule has 1 aliphatic rings. The summed E-state index contributed by atoms with van der Waals surface area (Å²) >= 11 is 5.59. The van der Waals surface area contributed by atoms with Gasteiger partial charge in [0.15, 0.2) is 0 Å². The number of carbonyl (C=O) groups excluding carboxylic acids is 2. The first-order valence-corrected chi connectivity index (χ1v) is 10.1. The van der Waals surface area contributed by atoms with Crippen LogP contribution in [0.1, 0.15) is 29.5 Å². The van der Waals surface area contributed by atoms with Gasteiger partial charge in [0, 0.05) is 31.4 Å². The van der Waals surface area contributed by atoms with Crippen LogP contribution in [0.4, 0.5) is 23.7 Å². The van der Waals surface area contributed by atoms with Crippen LogP contribution in [0.3, 0.4) is 0 Å². The first kappa shape index (κ1) is 22.7. The van der Waals surface area contributed by atoms with Crippen molar-refractivity contribution in [2.75, 3.05) is 18.4 Å². The van der Waals surface area contributed by atoms with E-state index in [9.17, 15) is 22.8 Å². The summed E-state index contributed by atoms with van der Waals surface area (Å²) in [6, 6.07) is 10.4. The SMILES string of the molecule is O=C(C=Cc1ccc(Cl)c(C(F)(F)F)c1)NCc1cccc(NC(=O)N2CCCC2)c1. The lowest BCUT2D eigenvalue weighted by Gasteiger charge is -2.16. The Bertz CT molecular complexity index is 986. The molecule has 1 heterocycles. The zero-order valence-corrected chi connectivity index (χ0v) is 17.3. The van der Waals surface area contributed by atoms with Crippen molar-refractivity contribution in [2.45, 2.75) is 25.6 Å². The molecule has 0 bridgehead atoms. The Labute approximate surface area is 182 Å². The molecule has 1 aliphatic heterocycles. The number of halogens is 4. The number of alkyl halides is 3. The molecule has 2 N–H and O–H groups in total. The second-order valence-electron chi connectivity index (χ2n) is 7.11. The minimum atomic E-state index is -4.57. The Morgan fingerprint density at radius 3 is 2.55 bits per heavy atom. The van der Waals surface area contributed by atoms with Crippen LogP contribution in [0, 0.1) is 0 Å². The molecule has 0 aromatic heterocycles. The molecule has 3 rings (SSSR count). The molecule has 0 unspecified atom stereocenters. The molecule has 2 aromatic rings. The van der Waals surface area contributed by atoms with E-state index in [1.807, 2.05) is 0 Å². The molecule has 3 amide bonds. The van der Waals surface area contributed by atoms with Crippen LogP contribution < -0.4 is 10.6 Å². The molecule has 1 saturated heterocycles. The molecule has 0 radical (unpaired) electrons. The standard InChI is InChI=1S/C22H21ClF3N3O2/c23-19-8-6-15(13-18(19)22(24,25)26)7-9-20(30)27-14-16-4-3-5-17(12-16)28-21(31)29-10-1-2-11-29/h3-9,12-13H,1-2,10-11,14H2,(H,27,30)(H,28,31). The monoisotopic (exact) mass is 451 g/mol. The summed E-state index contributed by atoms with van der Waals surface area (Å²) in [5.41, 5.74) is 0.648. The van der Waals surface area contributed by atoms with Crippen LogP contribution in [0.15, 0.2) is 48.5 Å². The highest BCUT2D eigenvalue weighted by Crippen LogP contribution is 2.35. The fourth-order valence-electron chi connectivity index (χ4n) is 3.17. The molecule has 164 valence electrons. The predicted molar refractivity (Wildman–Crippen MR) is 114 cm³/mol. The first-order chi connectivity index (χ1) is 14.7. The maximum Gasteiger partial charge on any atom is 0.417 e. The average Bonchev–Trinajstić information content (AvgIpc) is 3.26. The molecule has 31 heavy (non-hydrogen) atoms. The van der Waals surface area contributed by atoms with E-state index in [1.165, 1.54) is 12.1 Å². The highest BCUT2D eigenvalue weighted by atomic mass is 35.5. The van der Waals surface area contributed by atoms with Crippen LogP contribution in [0.2, 0.25) is 5.02 Å². The van der Waals surface area contributed by atoms with Crippen LogP contribution in [0.25, 0.3) is 6.08 Å². The summed E-state index contributed by atoms with van der Waals surface area (Å²) < 4.78 is 38.8. The number of nitrogens with one attached hydrogen (secondary N) is 2. The van der Waals surface area contributed by atoms with Crippen molar-refractivity contribution < 1.29 is 22.8 Å². The second kappa shape index (κ2) is 9.87. The van der Waals surface area contributed by atoms with Crippen LogP contribution in [-0.4, -0.2) is 29.9 Å². The van der Waals surface area contributed by atoms with E-state index in [2.05, 4.69) is 10.6 Å². The lowest BCUT2D eigenvalue weighted by Crippen LogP contribution is -2.32. The van der Waals surface area contributed by atoms with Gasteiger partial charge in [-0.15, -0.1) is 0 Å². The quantitative estimate of drug-likeness (QED) is 0.605. The first-order valence-electron chi connectivity index (χ1n) is 9.70. The number of hydrogen-bond acceptors (Lipinski definition) is 2. The molecular weight excluding hydrogens is 431 g/mol. The van der Waals surface area contributed by atoms with Crippen LogP contribution >= 0.6 is 11.6 Å². The lowest BCUT2D eigenvalue weighted by atomic mass is 10.1. The number of urea groups is 1. The van der Waals surface area contributed by atoms with Crippen molar-refractivity contribution in [1.82, 2.24) is 10.2 Å². The van der Waals surface area contributed by atoms with E-state index in [1.54, 1.807) is 29.2 Å². The summed E-state index contributed by atoms with van der Waals surface area (Å²) in [4.78, 5) is 26.0. The van der Waals surface area contributed by atoms with Gasteiger partial charge >= 0.3 is 12.2 Å². The molecule has 0 saturated carbocycles.